The number of fused-ring (bicyclic) bond motifs is 1. The van der Waals surface area contributed by atoms with Gasteiger partial charge in [-0.1, -0.05) is 0 Å². The molecule has 1 fully saturated rings. The molecule has 7 heteroatoms. The van der Waals surface area contributed by atoms with Crippen molar-refractivity contribution in [3.05, 3.63) is 24.4 Å². The zero-order valence-electron chi connectivity index (χ0n) is 12.1. The van der Waals surface area contributed by atoms with E-state index in [2.05, 4.69) is 4.98 Å². The summed E-state index contributed by atoms with van der Waals surface area (Å²) >= 11 is 0. The van der Waals surface area contributed by atoms with Gasteiger partial charge in [-0.05, 0) is 32.0 Å². The van der Waals surface area contributed by atoms with E-state index in [9.17, 15) is 8.42 Å². The van der Waals surface area contributed by atoms with Crippen molar-refractivity contribution in [3.63, 3.8) is 0 Å². The molecule has 114 valence electrons. The second-order valence-electron chi connectivity index (χ2n) is 5.90. The number of nitrogens with one attached hydrogen (secondary N) is 1. The summed E-state index contributed by atoms with van der Waals surface area (Å²) in [6.07, 6.45) is 1.53. The Labute approximate surface area is 123 Å². The summed E-state index contributed by atoms with van der Waals surface area (Å²) < 4.78 is 32.9. The molecule has 1 aromatic heterocycles. The van der Waals surface area contributed by atoms with Gasteiger partial charge in [-0.15, -0.1) is 0 Å². The Morgan fingerprint density at radius 3 is 2.86 bits per heavy atom. The number of ether oxygens (including phenoxy) is 1. The van der Waals surface area contributed by atoms with Gasteiger partial charge in [0.05, 0.1) is 18.8 Å². The summed E-state index contributed by atoms with van der Waals surface area (Å²) in [7, 11) is -3.58. The van der Waals surface area contributed by atoms with Crippen molar-refractivity contribution in [1.29, 1.82) is 0 Å². The molecule has 0 amide bonds. The summed E-state index contributed by atoms with van der Waals surface area (Å²) in [6.45, 7) is 4.91. The first kappa shape index (κ1) is 14.4. The van der Waals surface area contributed by atoms with E-state index in [0.717, 1.165) is 5.52 Å². The molecule has 0 atom stereocenters. The zero-order chi connectivity index (χ0) is 15.3. The first-order valence-electron chi connectivity index (χ1n) is 6.79. The van der Waals surface area contributed by atoms with Gasteiger partial charge >= 0.3 is 0 Å². The van der Waals surface area contributed by atoms with Crippen LogP contribution in [0.1, 0.15) is 13.8 Å². The standard InChI is InChI=1S/C14H19N3O3S/c1-14(2)9-20-6-5-17(14)21(18,19)13-8-16-12-7-10(15)3-4-11(12)13/h3-4,7-8,16H,5-6,9,15H2,1-2H3. The first-order valence-corrected chi connectivity index (χ1v) is 8.23. The lowest BCUT2D eigenvalue weighted by molar-refractivity contribution is -0.00767. The number of hydrogen-bond acceptors (Lipinski definition) is 4. The van der Waals surface area contributed by atoms with Gasteiger partial charge in [0, 0.05) is 29.3 Å². The molecule has 0 saturated carbocycles. The predicted octanol–water partition coefficient (Wildman–Crippen LogP) is 1.55. The summed E-state index contributed by atoms with van der Waals surface area (Å²) in [5.74, 6) is 0. The van der Waals surface area contributed by atoms with Crippen LogP contribution in [0.25, 0.3) is 10.9 Å². The monoisotopic (exact) mass is 309 g/mol. The number of benzene rings is 1. The fourth-order valence-corrected chi connectivity index (χ4v) is 4.66. The Morgan fingerprint density at radius 2 is 2.14 bits per heavy atom. The van der Waals surface area contributed by atoms with Crippen molar-refractivity contribution >= 4 is 26.6 Å². The molecule has 0 unspecified atom stereocenters. The highest BCUT2D eigenvalue weighted by molar-refractivity contribution is 7.89. The number of rotatable bonds is 2. The minimum atomic E-state index is -3.58. The third-order valence-corrected chi connectivity index (χ3v) is 5.96. The third-order valence-electron chi connectivity index (χ3n) is 3.81. The number of anilines is 1. The van der Waals surface area contributed by atoms with Crippen LogP contribution in [0.3, 0.4) is 0 Å². The lowest BCUT2D eigenvalue weighted by Crippen LogP contribution is -2.55. The van der Waals surface area contributed by atoms with Gasteiger partial charge in [0.2, 0.25) is 10.0 Å². The lowest BCUT2D eigenvalue weighted by atomic mass is 10.1. The van der Waals surface area contributed by atoms with Crippen LogP contribution in [0, 0.1) is 0 Å². The highest BCUT2D eigenvalue weighted by Crippen LogP contribution is 2.32. The van der Waals surface area contributed by atoms with E-state index in [0.29, 0.717) is 30.8 Å². The fraction of sp³-hybridized carbons (Fsp3) is 0.429. The van der Waals surface area contributed by atoms with Crippen LogP contribution >= 0.6 is 0 Å². The van der Waals surface area contributed by atoms with Gasteiger partial charge in [0.1, 0.15) is 4.90 Å². The van der Waals surface area contributed by atoms with Crippen LogP contribution in [0.2, 0.25) is 0 Å². The van der Waals surface area contributed by atoms with E-state index >= 15 is 0 Å². The second kappa shape index (κ2) is 4.72. The number of nitrogen functional groups attached to an aromatic ring is 1. The van der Waals surface area contributed by atoms with Crippen LogP contribution < -0.4 is 5.73 Å². The first-order chi connectivity index (χ1) is 9.82. The number of H-pyrrole nitrogens is 1. The normalized spacial score (nSPS) is 19.9. The van der Waals surface area contributed by atoms with Gasteiger partial charge in [-0.3, -0.25) is 0 Å². The number of aromatic amines is 1. The molecular formula is C14H19N3O3S. The van der Waals surface area contributed by atoms with Crippen LogP contribution in [0.5, 0.6) is 0 Å². The van der Waals surface area contributed by atoms with E-state index in [-0.39, 0.29) is 4.90 Å². The SMILES string of the molecule is CC1(C)COCCN1S(=O)(=O)c1c[nH]c2cc(N)ccc12. The van der Waals surface area contributed by atoms with Gasteiger partial charge < -0.3 is 15.5 Å². The van der Waals surface area contributed by atoms with Crippen molar-refractivity contribution < 1.29 is 13.2 Å². The Kier molecular flexibility index (Phi) is 3.23. The van der Waals surface area contributed by atoms with Gasteiger partial charge in [-0.2, -0.15) is 4.31 Å². The van der Waals surface area contributed by atoms with E-state index in [1.54, 1.807) is 18.2 Å². The van der Waals surface area contributed by atoms with Gasteiger partial charge in [0.15, 0.2) is 0 Å². The maximum absolute atomic E-state index is 13.0. The maximum atomic E-state index is 13.0. The fourth-order valence-electron chi connectivity index (χ4n) is 2.74. The van der Waals surface area contributed by atoms with E-state index < -0.39 is 15.6 Å². The molecule has 2 heterocycles. The third kappa shape index (κ3) is 2.31. The molecule has 0 aliphatic carbocycles. The van der Waals surface area contributed by atoms with Crippen LogP contribution in [0.4, 0.5) is 5.69 Å². The molecule has 2 aromatic rings. The number of hydrogen-bond donors (Lipinski definition) is 2. The molecular weight excluding hydrogens is 290 g/mol. The molecule has 3 N–H and O–H groups in total. The molecule has 21 heavy (non-hydrogen) atoms. The van der Waals surface area contributed by atoms with Crippen molar-refractivity contribution in [1.82, 2.24) is 9.29 Å². The summed E-state index contributed by atoms with van der Waals surface area (Å²) in [6, 6.07) is 5.18. The van der Waals surface area contributed by atoms with Crippen molar-refractivity contribution in [2.45, 2.75) is 24.3 Å². The Hall–Kier alpha value is -1.57. The topological polar surface area (TPSA) is 88.4 Å². The Balaban J connectivity index is 2.12. The number of sulfonamides is 1. The summed E-state index contributed by atoms with van der Waals surface area (Å²) in [5, 5.41) is 0.659. The van der Waals surface area contributed by atoms with Gasteiger partial charge in [0.25, 0.3) is 0 Å². The van der Waals surface area contributed by atoms with Gasteiger partial charge in [-0.25, -0.2) is 8.42 Å². The molecule has 1 aliphatic rings. The number of morpholine rings is 1. The van der Waals surface area contributed by atoms with Crippen LogP contribution in [-0.4, -0.2) is 43.0 Å². The largest absolute Gasteiger partial charge is 0.399 e. The molecule has 0 spiro atoms. The molecule has 1 aromatic carbocycles. The highest BCUT2D eigenvalue weighted by atomic mass is 32.2. The van der Waals surface area contributed by atoms with Crippen LogP contribution in [-0.2, 0) is 14.8 Å². The number of nitrogens with zero attached hydrogens (tertiary/aromatic N) is 1. The van der Waals surface area contributed by atoms with Crippen molar-refractivity contribution in [3.8, 4) is 0 Å². The lowest BCUT2D eigenvalue weighted by Gasteiger charge is -2.40. The smallest absolute Gasteiger partial charge is 0.245 e. The average Bonchev–Trinajstić information content (AvgIpc) is 2.81. The average molecular weight is 309 g/mol. The molecule has 0 bridgehead atoms. The minimum absolute atomic E-state index is 0.285. The number of aromatic nitrogens is 1. The second-order valence-corrected chi connectivity index (χ2v) is 7.73. The molecule has 1 saturated heterocycles. The van der Waals surface area contributed by atoms with Crippen LogP contribution in [0.15, 0.2) is 29.3 Å². The number of nitrogens with two attached hydrogens (primary N) is 1. The summed E-state index contributed by atoms with van der Waals surface area (Å²) in [5.41, 5.74) is 6.49. The molecule has 0 radical (unpaired) electrons. The quantitative estimate of drug-likeness (QED) is 0.824. The maximum Gasteiger partial charge on any atom is 0.245 e. The molecule has 3 rings (SSSR count). The molecule has 6 nitrogen and oxygen atoms in total. The Bertz CT molecular complexity index is 780. The highest BCUT2D eigenvalue weighted by Gasteiger charge is 2.40. The minimum Gasteiger partial charge on any atom is -0.399 e. The van der Waals surface area contributed by atoms with E-state index in [4.69, 9.17) is 10.5 Å². The Morgan fingerprint density at radius 1 is 1.38 bits per heavy atom. The molecule has 1 aliphatic heterocycles. The van der Waals surface area contributed by atoms with E-state index in [1.165, 1.54) is 10.5 Å². The van der Waals surface area contributed by atoms with Crippen molar-refractivity contribution in [2.75, 3.05) is 25.5 Å². The van der Waals surface area contributed by atoms with Crippen molar-refractivity contribution in [2.24, 2.45) is 0 Å². The van der Waals surface area contributed by atoms with E-state index in [1.807, 2.05) is 13.8 Å². The zero-order valence-corrected chi connectivity index (χ0v) is 12.9. The predicted molar refractivity (Wildman–Crippen MR) is 81.5 cm³/mol. The summed E-state index contributed by atoms with van der Waals surface area (Å²) in [4.78, 5) is 3.27.